The van der Waals surface area contributed by atoms with Crippen LogP contribution in [0.15, 0.2) is 6.20 Å². The van der Waals surface area contributed by atoms with Crippen molar-refractivity contribution in [2.45, 2.75) is 39.5 Å². The number of hydrogen-bond donors (Lipinski definition) is 0. The van der Waals surface area contributed by atoms with E-state index in [9.17, 15) is 0 Å². The number of rotatable bonds is 2. The Balaban J connectivity index is 3.08. The van der Waals surface area contributed by atoms with Crippen molar-refractivity contribution in [3.05, 3.63) is 17.5 Å². The number of nitrogens with zero attached hydrogens (tertiary/aromatic N) is 2. The zero-order chi connectivity index (χ0) is 9.30. The van der Waals surface area contributed by atoms with Gasteiger partial charge < -0.3 is 0 Å². The van der Waals surface area contributed by atoms with Gasteiger partial charge in [0.15, 0.2) is 0 Å². The second-order valence-corrected chi connectivity index (χ2v) is 3.95. The summed E-state index contributed by atoms with van der Waals surface area (Å²) in [6.45, 7) is 8.80. The van der Waals surface area contributed by atoms with E-state index >= 15 is 0 Å². The van der Waals surface area contributed by atoms with Crippen LogP contribution in [0, 0.1) is 0 Å². The third kappa shape index (κ3) is 1.68. The van der Waals surface area contributed by atoms with Gasteiger partial charge in [0.05, 0.1) is 5.69 Å². The van der Waals surface area contributed by atoms with Crippen LogP contribution in [0.3, 0.4) is 0 Å². The predicted octanol–water partition coefficient (Wildman–Crippen LogP) is 2.67. The Bertz CT molecular complexity index is 233. The Kier molecular flexibility index (Phi) is 2.55. The maximum Gasteiger partial charge on any atom is 0.0684 e. The van der Waals surface area contributed by atoms with Gasteiger partial charge in [0.1, 0.15) is 0 Å². The molecule has 0 N–H and O–H groups in total. The molecule has 2 nitrogen and oxygen atoms in total. The van der Waals surface area contributed by atoms with Crippen LogP contribution in [0.2, 0.25) is 0 Å². The van der Waals surface area contributed by atoms with E-state index in [-0.39, 0.29) is 0 Å². The first kappa shape index (κ1) is 9.30. The van der Waals surface area contributed by atoms with Crippen LogP contribution in [0.1, 0.15) is 50.8 Å². The molecule has 68 valence electrons. The first-order valence-corrected chi connectivity index (χ1v) is 4.55. The first-order valence-electron chi connectivity index (χ1n) is 4.55. The molecule has 0 spiro atoms. The summed E-state index contributed by atoms with van der Waals surface area (Å²) in [5.74, 6) is 1.11. The quantitative estimate of drug-likeness (QED) is 0.660. The van der Waals surface area contributed by atoms with E-state index in [4.69, 9.17) is 0 Å². The van der Waals surface area contributed by atoms with Crippen LogP contribution in [0.25, 0.3) is 0 Å². The summed E-state index contributed by atoms with van der Waals surface area (Å²) in [5, 5.41) is 4.45. The summed E-state index contributed by atoms with van der Waals surface area (Å²) >= 11 is 0. The van der Waals surface area contributed by atoms with E-state index in [0.29, 0.717) is 11.8 Å². The lowest BCUT2D eigenvalue weighted by atomic mass is 9.98. The summed E-state index contributed by atoms with van der Waals surface area (Å²) in [5.41, 5.74) is 2.63. The highest BCUT2D eigenvalue weighted by Gasteiger charge is 2.13. The van der Waals surface area contributed by atoms with Gasteiger partial charge >= 0.3 is 0 Å². The van der Waals surface area contributed by atoms with Gasteiger partial charge in [0.2, 0.25) is 0 Å². The van der Waals surface area contributed by atoms with Gasteiger partial charge in [-0.15, -0.1) is 0 Å². The Labute approximate surface area is 74.6 Å². The fourth-order valence-corrected chi connectivity index (χ4v) is 1.42. The number of aryl methyl sites for hydroxylation is 1. The third-order valence-corrected chi connectivity index (χ3v) is 2.06. The fraction of sp³-hybridized carbons (Fsp3) is 0.700. The molecule has 1 rings (SSSR count). The molecular formula is C10H18N2. The second kappa shape index (κ2) is 3.30. The summed E-state index contributed by atoms with van der Waals surface area (Å²) in [7, 11) is 1.98. The zero-order valence-corrected chi connectivity index (χ0v) is 8.63. The van der Waals surface area contributed by atoms with E-state index in [2.05, 4.69) is 39.0 Å². The van der Waals surface area contributed by atoms with Crippen LogP contribution in [-0.4, -0.2) is 9.78 Å². The lowest BCUT2D eigenvalue weighted by Gasteiger charge is -2.06. The first-order chi connectivity index (χ1) is 5.52. The van der Waals surface area contributed by atoms with Crippen molar-refractivity contribution in [3.8, 4) is 0 Å². The number of aromatic nitrogens is 2. The fourth-order valence-electron chi connectivity index (χ4n) is 1.42. The molecule has 12 heavy (non-hydrogen) atoms. The largest absolute Gasteiger partial charge is 0.275 e. The van der Waals surface area contributed by atoms with Crippen LogP contribution < -0.4 is 0 Å². The van der Waals surface area contributed by atoms with Crippen molar-refractivity contribution in [2.24, 2.45) is 7.05 Å². The second-order valence-electron chi connectivity index (χ2n) is 3.95. The minimum atomic E-state index is 0.531. The molecule has 1 heterocycles. The van der Waals surface area contributed by atoms with Gasteiger partial charge in [-0.05, 0) is 17.4 Å². The molecule has 0 saturated carbocycles. The van der Waals surface area contributed by atoms with Crippen molar-refractivity contribution in [2.75, 3.05) is 0 Å². The van der Waals surface area contributed by atoms with E-state index in [1.807, 2.05) is 11.7 Å². The smallest absolute Gasteiger partial charge is 0.0684 e. The highest BCUT2D eigenvalue weighted by Crippen LogP contribution is 2.23. The normalized spacial score (nSPS) is 11.6. The summed E-state index contributed by atoms with van der Waals surface area (Å²) in [6.07, 6.45) is 2.12. The maximum absolute atomic E-state index is 4.45. The molecule has 1 aromatic rings. The molecule has 0 saturated heterocycles. The van der Waals surface area contributed by atoms with Crippen LogP contribution in [0.5, 0.6) is 0 Å². The van der Waals surface area contributed by atoms with E-state index in [1.165, 1.54) is 11.3 Å². The van der Waals surface area contributed by atoms with Gasteiger partial charge in [-0.3, -0.25) is 4.68 Å². The van der Waals surface area contributed by atoms with Gasteiger partial charge in [-0.2, -0.15) is 5.10 Å². The van der Waals surface area contributed by atoms with E-state index in [1.54, 1.807) is 0 Å². The highest BCUT2D eigenvalue weighted by molar-refractivity contribution is 5.23. The minimum Gasteiger partial charge on any atom is -0.275 e. The van der Waals surface area contributed by atoms with Gasteiger partial charge in [-0.25, -0.2) is 0 Å². The van der Waals surface area contributed by atoms with Gasteiger partial charge in [-0.1, -0.05) is 27.7 Å². The third-order valence-electron chi connectivity index (χ3n) is 2.06. The maximum atomic E-state index is 4.45. The number of hydrogen-bond acceptors (Lipinski definition) is 1. The van der Waals surface area contributed by atoms with E-state index < -0.39 is 0 Å². The Morgan fingerprint density at radius 1 is 1.17 bits per heavy atom. The molecule has 0 radical (unpaired) electrons. The SMILES string of the molecule is CC(C)c1cn(C)nc1C(C)C. The highest BCUT2D eigenvalue weighted by atomic mass is 15.3. The molecule has 0 aromatic carbocycles. The molecule has 2 heteroatoms. The molecule has 0 amide bonds. The van der Waals surface area contributed by atoms with Crippen molar-refractivity contribution in [3.63, 3.8) is 0 Å². The summed E-state index contributed by atoms with van der Waals surface area (Å²) in [4.78, 5) is 0. The average molecular weight is 166 g/mol. The van der Waals surface area contributed by atoms with Crippen molar-refractivity contribution < 1.29 is 0 Å². The zero-order valence-electron chi connectivity index (χ0n) is 8.63. The van der Waals surface area contributed by atoms with E-state index in [0.717, 1.165) is 0 Å². The molecule has 0 fully saturated rings. The Morgan fingerprint density at radius 3 is 2.08 bits per heavy atom. The molecule has 0 aliphatic rings. The van der Waals surface area contributed by atoms with Gasteiger partial charge in [0, 0.05) is 13.2 Å². The summed E-state index contributed by atoms with van der Waals surface area (Å²) in [6, 6.07) is 0. The van der Waals surface area contributed by atoms with Crippen LogP contribution in [0.4, 0.5) is 0 Å². The minimum absolute atomic E-state index is 0.531. The molecule has 0 aliphatic carbocycles. The Morgan fingerprint density at radius 2 is 1.75 bits per heavy atom. The Hall–Kier alpha value is -0.790. The molecule has 0 bridgehead atoms. The standard InChI is InChI=1S/C10H18N2/c1-7(2)9-6-12(5)11-10(9)8(3)4/h6-8H,1-5H3. The van der Waals surface area contributed by atoms with Crippen molar-refractivity contribution in [1.29, 1.82) is 0 Å². The van der Waals surface area contributed by atoms with Crippen LogP contribution >= 0.6 is 0 Å². The molecular weight excluding hydrogens is 148 g/mol. The molecule has 0 unspecified atom stereocenters. The lowest BCUT2D eigenvalue weighted by molar-refractivity contribution is 0.709. The van der Waals surface area contributed by atoms with Crippen LogP contribution in [-0.2, 0) is 7.05 Å². The molecule has 1 aromatic heterocycles. The van der Waals surface area contributed by atoms with Crippen molar-refractivity contribution >= 4 is 0 Å². The van der Waals surface area contributed by atoms with Gasteiger partial charge in [0.25, 0.3) is 0 Å². The monoisotopic (exact) mass is 166 g/mol. The topological polar surface area (TPSA) is 17.8 Å². The summed E-state index contributed by atoms with van der Waals surface area (Å²) < 4.78 is 1.91. The molecule has 0 atom stereocenters. The molecule has 0 aliphatic heterocycles. The predicted molar refractivity (Wildman–Crippen MR) is 51.4 cm³/mol. The lowest BCUT2D eigenvalue weighted by Crippen LogP contribution is -1.96. The average Bonchev–Trinajstić information content (AvgIpc) is 2.31. The van der Waals surface area contributed by atoms with Crippen molar-refractivity contribution in [1.82, 2.24) is 9.78 Å².